The number of hydrogen-bond acceptors (Lipinski definition) is 3. The zero-order valence-corrected chi connectivity index (χ0v) is 14.6. The van der Waals surface area contributed by atoms with Gasteiger partial charge in [-0.1, -0.05) is 36.9 Å². The lowest BCUT2D eigenvalue weighted by Gasteiger charge is -2.11. The average Bonchev–Trinajstić information content (AvgIpc) is 2.54. The highest BCUT2D eigenvalue weighted by molar-refractivity contribution is 7.80. The van der Waals surface area contributed by atoms with Gasteiger partial charge in [0, 0.05) is 27.1 Å². The predicted octanol–water partition coefficient (Wildman–Crippen LogP) is 5.24. The largest absolute Gasteiger partial charge is 0.399 e. The summed E-state index contributed by atoms with van der Waals surface area (Å²) in [7, 11) is 0. The van der Waals surface area contributed by atoms with Crippen LogP contribution in [0.3, 0.4) is 0 Å². The molecular weight excluding hydrogens is 312 g/mol. The number of aromatic nitrogens is 1. The molecule has 0 saturated heterocycles. The van der Waals surface area contributed by atoms with Gasteiger partial charge >= 0.3 is 0 Å². The Kier molecular flexibility index (Phi) is 4.45. The molecule has 0 fully saturated rings. The first-order valence-corrected chi connectivity index (χ1v) is 8.21. The van der Waals surface area contributed by atoms with Gasteiger partial charge in [-0.2, -0.15) is 0 Å². The number of fused-ring (bicyclic) bond motifs is 1. The summed E-state index contributed by atoms with van der Waals surface area (Å²) < 4.78 is 0. The number of rotatable bonds is 4. The molecule has 0 aliphatic rings. The molecule has 2 nitrogen and oxygen atoms in total. The van der Waals surface area contributed by atoms with E-state index in [0.717, 1.165) is 44.6 Å². The maximum atomic E-state index is 6.05. The Labute approximate surface area is 148 Å². The van der Waals surface area contributed by atoms with E-state index < -0.39 is 0 Å². The summed E-state index contributed by atoms with van der Waals surface area (Å²) in [6.45, 7) is 9.95. The van der Waals surface area contributed by atoms with Crippen molar-refractivity contribution in [3.8, 4) is 11.3 Å². The van der Waals surface area contributed by atoms with Crippen molar-refractivity contribution in [1.29, 1.82) is 0 Å². The molecule has 0 unspecified atom stereocenters. The SMILES string of the molecule is C=C(C)Cc1ccc2nc(-c3ccc(S)cc3)cc(C(=C)N)c2c1. The van der Waals surface area contributed by atoms with Crippen molar-refractivity contribution < 1.29 is 0 Å². The fourth-order valence-corrected chi connectivity index (χ4v) is 2.93. The summed E-state index contributed by atoms with van der Waals surface area (Å²) in [5.74, 6) is 0. The van der Waals surface area contributed by atoms with Crippen LogP contribution in [0.25, 0.3) is 27.9 Å². The Morgan fingerprint density at radius 3 is 2.42 bits per heavy atom. The van der Waals surface area contributed by atoms with Gasteiger partial charge in [0.1, 0.15) is 0 Å². The van der Waals surface area contributed by atoms with Crippen LogP contribution < -0.4 is 5.73 Å². The molecule has 3 heteroatoms. The third kappa shape index (κ3) is 3.36. The molecule has 2 N–H and O–H groups in total. The van der Waals surface area contributed by atoms with Crippen LogP contribution in [0.2, 0.25) is 0 Å². The van der Waals surface area contributed by atoms with Crippen LogP contribution >= 0.6 is 12.6 Å². The molecule has 0 bridgehead atoms. The maximum Gasteiger partial charge on any atom is 0.0716 e. The van der Waals surface area contributed by atoms with E-state index in [1.807, 2.05) is 43.3 Å². The smallest absolute Gasteiger partial charge is 0.0716 e. The molecule has 0 atom stereocenters. The van der Waals surface area contributed by atoms with Crippen molar-refractivity contribution in [1.82, 2.24) is 4.98 Å². The van der Waals surface area contributed by atoms with Gasteiger partial charge in [0.2, 0.25) is 0 Å². The zero-order valence-electron chi connectivity index (χ0n) is 13.7. The summed E-state index contributed by atoms with van der Waals surface area (Å²) in [6, 6.07) is 16.2. The topological polar surface area (TPSA) is 38.9 Å². The van der Waals surface area contributed by atoms with E-state index in [4.69, 9.17) is 10.7 Å². The van der Waals surface area contributed by atoms with Gasteiger partial charge < -0.3 is 5.73 Å². The predicted molar refractivity (Wildman–Crippen MR) is 106 cm³/mol. The first kappa shape index (κ1) is 16.3. The van der Waals surface area contributed by atoms with E-state index in [-0.39, 0.29) is 0 Å². The molecule has 0 aliphatic carbocycles. The minimum atomic E-state index is 0.543. The first-order chi connectivity index (χ1) is 11.4. The third-order valence-corrected chi connectivity index (χ3v) is 4.19. The summed E-state index contributed by atoms with van der Waals surface area (Å²) in [5, 5.41) is 1.02. The van der Waals surface area contributed by atoms with Crippen LogP contribution in [0.5, 0.6) is 0 Å². The standard InChI is InChI=1S/C21H20N2S/c1-13(2)10-15-4-9-20-19(11-15)18(14(3)22)12-21(23-20)16-5-7-17(24)8-6-16/h4-9,11-12,24H,1,3,10,22H2,2H3. The van der Waals surface area contributed by atoms with Gasteiger partial charge in [-0.3, -0.25) is 0 Å². The highest BCUT2D eigenvalue weighted by Crippen LogP contribution is 2.29. The molecule has 0 radical (unpaired) electrons. The summed E-state index contributed by atoms with van der Waals surface area (Å²) in [6.07, 6.45) is 0.845. The van der Waals surface area contributed by atoms with E-state index in [9.17, 15) is 0 Å². The molecule has 3 aromatic rings. The van der Waals surface area contributed by atoms with Gasteiger partial charge in [0.15, 0.2) is 0 Å². The van der Waals surface area contributed by atoms with Gasteiger partial charge in [-0.05, 0) is 49.2 Å². The van der Waals surface area contributed by atoms with Crippen LogP contribution in [0.15, 0.2) is 72.2 Å². The van der Waals surface area contributed by atoms with Crippen LogP contribution in [0.4, 0.5) is 0 Å². The second-order valence-corrected chi connectivity index (χ2v) is 6.63. The molecule has 24 heavy (non-hydrogen) atoms. The highest BCUT2D eigenvalue weighted by atomic mass is 32.1. The number of thiol groups is 1. The molecule has 0 aliphatic heterocycles. The first-order valence-electron chi connectivity index (χ1n) is 7.76. The summed E-state index contributed by atoms with van der Waals surface area (Å²) in [5.41, 5.74) is 12.7. The fourth-order valence-electron chi connectivity index (χ4n) is 2.78. The van der Waals surface area contributed by atoms with Crippen molar-refractivity contribution in [3.05, 3.63) is 78.4 Å². The molecule has 1 heterocycles. The Morgan fingerprint density at radius 2 is 1.79 bits per heavy atom. The average molecular weight is 332 g/mol. The lowest BCUT2D eigenvalue weighted by molar-refractivity contribution is 1.16. The molecular formula is C21H20N2S. The molecule has 120 valence electrons. The fraction of sp³-hybridized carbons (Fsp3) is 0.0952. The van der Waals surface area contributed by atoms with Crippen LogP contribution in [0.1, 0.15) is 18.1 Å². The molecule has 0 amide bonds. The highest BCUT2D eigenvalue weighted by Gasteiger charge is 2.10. The molecule has 0 spiro atoms. The van der Waals surface area contributed by atoms with E-state index in [2.05, 4.69) is 37.9 Å². The number of allylic oxidation sites excluding steroid dienone is 1. The van der Waals surface area contributed by atoms with Crippen LogP contribution in [-0.4, -0.2) is 4.98 Å². The van der Waals surface area contributed by atoms with Gasteiger partial charge in [-0.25, -0.2) is 4.98 Å². The van der Waals surface area contributed by atoms with E-state index in [1.165, 1.54) is 5.56 Å². The zero-order chi connectivity index (χ0) is 17.3. The normalized spacial score (nSPS) is 10.8. The van der Waals surface area contributed by atoms with Gasteiger partial charge in [-0.15, -0.1) is 12.6 Å². The molecule has 1 aromatic heterocycles. The van der Waals surface area contributed by atoms with Gasteiger partial charge in [0.25, 0.3) is 0 Å². The van der Waals surface area contributed by atoms with E-state index in [0.29, 0.717) is 5.70 Å². The van der Waals surface area contributed by atoms with Crippen molar-refractivity contribution in [3.63, 3.8) is 0 Å². The minimum Gasteiger partial charge on any atom is -0.399 e. The van der Waals surface area contributed by atoms with Crippen LogP contribution in [0, 0.1) is 0 Å². The number of nitrogens with two attached hydrogens (primary N) is 1. The number of nitrogens with zero attached hydrogens (tertiary/aromatic N) is 1. The maximum absolute atomic E-state index is 6.05. The number of hydrogen-bond donors (Lipinski definition) is 2. The second kappa shape index (κ2) is 6.54. The van der Waals surface area contributed by atoms with Crippen molar-refractivity contribution in [2.45, 2.75) is 18.2 Å². The summed E-state index contributed by atoms with van der Waals surface area (Å²) in [4.78, 5) is 5.72. The lowest BCUT2D eigenvalue weighted by atomic mass is 9.99. The van der Waals surface area contributed by atoms with Crippen molar-refractivity contribution in [2.24, 2.45) is 5.73 Å². The third-order valence-electron chi connectivity index (χ3n) is 3.89. The molecule has 3 rings (SSSR count). The number of pyridine rings is 1. The second-order valence-electron chi connectivity index (χ2n) is 6.11. The van der Waals surface area contributed by atoms with E-state index >= 15 is 0 Å². The Bertz CT molecular complexity index is 940. The van der Waals surface area contributed by atoms with Crippen molar-refractivity contribution in [2.75, 3.05) is 0 Å². The Balaban J connectivity index is 2.19. The monoisotopic (exact) mass is 332 g/mol. The Morgan fingerprint density at radius 1 is 1.08 bits per heavy atom. The summed E-state index contributed by atoms with van der Waals surface area (Å²) >= 11 is 4.33. The lowest BCUT2D eigenvalue weighted by Crippen LogP contribution is -1.99. The number of benzene rings is 2. The molecule has 2 aromatic carbocycles. The quantitative estimate of drug-likeness (QED) is 0.506. The van der Waals surface area contributed by atoms with Crippen molar-refractivity contribution >= 4 is 29.2 Å². The minimum absolute atomic E-state index is 0.543. The Hall–Kier alpha value is -2.52. The van der Waals surface area contributed by atoms with E-state index in [1.54, 1.807) is 0 Å². The van der Waals surface area contributed by atoms with Crippen LogP contribution in [-0.2, 0) is 6.42 Å². The molecule has 0 saturated carbocycles. The van der Waals surface area contributed by atoms with Gasteiger partial charge in [0.05, 0.1) is 11.2 Å².